The lowest BCUT2D eigenvalue weighted by Crippen LogP contribution is -2.24. The fourth-order valence-corrected chi connectivity index (χ4v) is 1.12. The summed E-state index contributed by atoms with van der Waals surface area (Å²) in [4.78, 5) is 11.0. The number of amides is 1. The van der Waals surface area contributed by atoms with Crippen LogP contribution in [0.3, 0.4) is 0 Å². The van der Waals surface area contributed by atoms with Crippen molar-refractivity contribution in [2.24, 2.45) is 0 Å². The minimum Gasteiger partial charge on any atom is -0.396 e. The summed E-state index contributed by atoms with van der Waals surface area (Å²) in [5, 5.41) is 11.3. The van der Waals surface area contributed by atoms with E-state index < -0.39 is 0 Å². The summed E-state index contributed by atoms with van der Waals surface area (Å²) in [6.07, 6.45) is 5.20. The summed E-state index contributed by atoms with van der Waals surface area (Å²) in [7, 11) is 0. The van der Waals surface area contributed by atoms with Crippen LogP contribution in [0.2, 0.25) is 0 Å². The first kappa shape index (κ1) is 13.2. The number of hydrogen-bond acceptors (Lipinski definition) is 2. The second-order valence-corrected chi connectivity index (χ2v) is 3.53. The smallest absolute Gasteiger partial charge is 0.246 e. The van der Waals surface area contributed by atoms with Crippen LogP contribution < -0.4 is 5.32 Å². The van der Waals surface area contributed by atoms with Crippen LogP contribution in [-0.2, 0) is 4.79 Å². The largest absolute Gasteiger partial charge is 0.396 e. The first-order valence-corrected chi connectivity index (χ1v) is 5.23. The molecule has 82 valence electrons. The van der Waals surface area contributed by atoms with Gasteiger partial charge in [-0.05, 0) is 19.8 Å². The van der Waals surface area contributed by atoms with Crippen molar-refractivity contribution >= 4 is 5.91 Å². The van der Waals surface area contributed by atoms with Gasteiger partial charge in [0.1, 0.15) is 0 Å². The molecule has 0 saturated carbocycles. The lowest BCUT2D eigenvalue weighted by atomic mass is 10.1. The Bertz CT molecular complexity index is 178. The third-order valence-electron chi connectivity index (χ3n) is 2.01. The van der Waals surface area contributed by atoms with Crippen molar-refractivity contribution in [3.63, 3.8) is 0 Å². The maximum Gasteiger partial charge on any atom is 0.246 e. The molecule has 0 aromatic heterocycles. The molecule has 0 saturated heterocycles. The van der Waals surface area contributed by atoms with Gasteiger partial charge in [-0.25, -0.2) is 0 Å². The molecular weight excluding hydrogens is 178 g/mol. The third kappa shape index (κ3) is 7.80. The number of hydrogen-bond donors (Lipinski definition) is 2. The van der Waals surface area contributed by atoms with Crippen molar-refractivity contribution in [2.75, 3.05) is 13.2 Å². The predicted octanol–water partition coefficient (Wildman–Crippen LogP) is 1.62. The molecule has 3 nitrogen and oxygen atoms in total. The fraction of sp³-hybridized carbons (Fsp3) is 0.727. The third-order valence-corrected chi connectivity index (χ3v) is 2.01. The summed E-state index contributed by atoms with van der Waals surface area (Å²) >= 11 is 0. The Morgan fingerprint density at radius 1 is 1.21 bits per heavy atom. The topological polar surface area (TPSA) is 49.3 Å². The van der Waals surface area contributed by atoms with Gasteiger partial charge in [0.05, 0.1) is 0 Å². The molecule has 0 aliphatic heterocycles. The lowest BCUT2D eigenvalue weighted by Gasteiger charge is -2.03. The summed E-state index contributed by atoms with van der Waals surface area (Å²) in [5.41, 5.74) is 0.560. The zero-order valence-corrected chi connectivity index (χ0v) is 9.01. The average Bonchev–Trinajstić information content (AvgIpc) is 2.16. The van der Waals surface area contributed by atoms with Crippen LogP contribution >= 0.6 is 0 Å². The Hall–Kier alpha value is -0.830. The van der Waals surface area contributed by atoms with E-state index in [9.17, 15) is 4.79 Å². The highest BCUT2D eigenvalue weighted by molar-refractivity contribution is 5.91. The summed E-state index contributed by atoms with van der Waals surface area (Å²) in [6, 6.07) is 0. The van der Waals surface area contributed by atoms with E-state index in [1.54, 1.807) is 6.92 Å². The molecule has 1 amide bonds. The molecule has 3 heteroatoms. The highest BCUT2D eigenvalue weighted by atomic mass is 16.2. The van der Waals surface area contributed by atoms with Crippen molar-refractivity contribution < 1.29 is 9.90 Å². The molecule has 0 aromatic carbocycles. The molecule has 0 aromatic rings. The highest BCUT2D eigenvalue weighted by Gasteiger charge is 1.98. The van der Waals surface area contributed by atoms with Crippen LogP contribution in [0.25, 0.3) is 0 Å². The van der Waals surface area contributed by atoms with E-state index in [4.69, 9.17) is 5.11 Å². The van der Waals surface area contributed by atoms with E-state index in [2.05, 4.69) is 11.9 Å². The Kier molecular flexibility index (Phi) is 8.24. The van der Waals surface area contributed by atoms with Crippen molar-refractivity contribution in [3.8, 4) is 0 Å². The van der Waals surface area contributed by atoms with Gasteiger partial charge in [0.15, 0.2) is 0 Å². The van der Waals surface area contributed by atoms with Gasteiger partial charge >= 0.3 is 0 Å². The number of rotatable bonds is 8. The first-order valence-electron chi connectivity index (χ1n) is 5.23. The molecule has 0 aliphatic rings. The second-order valence-electron chi connectivity index (χ2n) is 3.53. The van der Waals surface area contributed by atoms with Gasteiger partial charge in [-0.1, -0.05) is 25.8 Å². The van der Waals surface area contributed by atoms with Crippen molar-refractivity contribution in [2.45, 2.75) is 39.0 Å². The number of nitrogens with one attached hydrogen (secondary N) is 1. The maximum atomic E-state index is 11.0. The van der Waals surface area contributed by atoms with Crippen LogP contribution in [-0.4, -0.2) is 24.2 Å². The van der Waals surface area contributed by atoms with Crippen LogP contribution in [0.4, 0.5) is 0 Å². The Balaban J connectivity index is 3.13. The van der Waals surface area contributed by atoms with Crippen LogP contribution in [0.15, 0.2) is 12.2 Å². The van der Waals surface area contributed by atoms with Gasteiger partial charge < -0.3 is 10.4 Å². The van der Waals surface area contributed by atoms with Gasteiger partial charge in [-0.15, -0.1) is 0 Å². The van der Waals surface area contributed by atoms with Crippen LogP contribution in [0.5, 0.6) is 0 Å². The quantitative estimate of drug-likeness (QED) is 0.461. The van der Waals surface area contributed by atoms with E-state index in [0.717, 1.165) is 38.6 Å². The van der Waals surface area contributed by atoms with Crippen molar-refractivity contribution in [1.29, 1.82) is 0 Å². The maximum absolute atomic E-state index is 11.0. The molecule has 0 unspecified atom stereocenters. The van der Waals surface area contributed by atoms with Gasteiger partial charge in [-0.3, -0.25) is 4.79 Å². The SMILES string of the molecule is C=C(C)C(=O)NCCCCCCCO. The summed E-state index contributed by atoms with van der Waals surface area (Å²) < 4.78 is 0. The lowest BCUT2D eigenvalue weighted by molar-refractivity contribution is -0.117. The van der Waals surface area contributed by atoms with Gasteiger partial charge in [-0.2, -0.15) is 0 Å². The molecule has 0 rings (SSSR count). The standard InChI is InChI=1S/C11H21NO2/c1-10(2)11(14)12-8-6-4-3-5-7-9-13/h13H,1,3-9H2,2H3,(H,12,14). The predicted molar refractivity (Wildman–Crippen MR) is 58.0 cm³/mol. The molecular formula is C11H21NO2. The molecule has 2 N–H and O–H groups in total. The zero-order valence-electron chi connectivity index (χ0n) is 9.01. The molecule has 0 fully saturated rings. The summed E-state index contributed by atoms with van der Waals surface area (Å²) in [6.45, 7) is 6.27. The van der Waals surface area contributed by atoms with E-state index in [1.807, 2.05) is 0 Å². The van der Waals surface area contributed by atoms with E-state index in [0.29, 0.717) is 5.57 Å². The number of aliphatic hydroxyl groups excluding tert-OH is 1. The van der Waals surface area contributed by atoms with E-state index >= 15 is 0 Å². The zero-order chi connectivity index (χ0) is 10.8. The first-order chi connectivity index (χ1) is 6.68. The summed E-state index contributed by atoms with van der Waals surface area (Å²) in [5.74, 6) is -0.0552. The molecule has 0 radical (unpaired) electrons. The molecule has 0 atom stereocenters. The fourth-order valence-electron chi connectivity index (χ4n) is 1.12. The molecule has 0 heterocycles. The molecule has 0 spiro atoms. The molecule has 14 heavy (non-hydrogen) atoms. The van der Waals surface area contributed by atoms with Gasteiger partial charge in [0, 0.05) is 18.7 Å². The number of carbonyl (C=O) groups excluding carboxylic acids is 1. The Morgan fingerprint density at radius 2 is 1.79 bits per heavy atom. The second kappa shape index (κ2) is 8.75. The van der Waals surface area contributed by atoms with Gasteiger partial charge in [0.25, 0.3) is 0 Å². The van der Waals surface area contributed by atoms with Crippen LogP contribution in [0.1, 0.15) is 39.0 Å². The minimum absolute atomic E-state index is 0.0552. The highest BCUT2D eigenvalue weighted by Crippen LogP contribution is 2.01. The number of aliphatic hydroxyl groups is 1. The normalized spacial score (nSPS) is 9.86. The van der Waals surface area contributed by atoms with E-state index in [1.165, 1.54) is 0 Å². The van der Waals surface area contributed by atoms with Crippen LogP contribution in [0, 0.1) is 0 Å². The number of unbranched alkanes of at least 4 members (excludes halogenated alkanes) is 4. The number of carbonyl (C=O) groups is 1. The van der Waals surface area contributed by atoms with Crippen molar-refractivity contribution in [3.05, 3.63) is 12.2 Å². The Morgan fingerprint density at radius 3 is 2.36 bits per heavy atom. The monoisotopic (exact) mass is 199 g/mol. The van der Waals surface area contributed by atoms with Gasteiger partial charge in [0.2, 0.25) is 5.91 Å². The average molecular weight is 199 g/mol. The minimum atomic E-state index is -0.0552. The van der Waals surface area contributed by atoms with E-state index in [-0.39, 0.29) is 12.5 Å². The van der Waals surface area contributed by atoms with Crippen molar-refractivity contribution in [1.82, 2.24) is 5.32 Å². The molecule has 0 aliphatic carbocycles. The Labute approximate surface area is 86.2 Å². The molecule has 0 bridgehead atoms.